The van der Waals surface area contributed by atoms with E-state index in [1.54, 1.807) is 0 Å². The minimum absolute atomic E-state index is 0.726. The minimum Gasteiger partial charge on any atom is -0.441 e. The Labute approximate surface area is 128 Å². The van der Waals surface area contributed by atoms with Crippen molar-refractivity contribution in [3.8, 4) is 0 Å². The molecule has 4 heteroatoms. The summed E-state index contributed by atoms with van der Waals surface area (Å²) in [5.74, 6) is 0.771. The first-order chi connectivity index (χ1) is 10.2. The third-order valence-corrected chi connectivity index (χ3v) is 3.87. The summed E-state index contributed by atoms with van der Waals surface area (Å²) in [5, 5.41) is 4.19. The van der Waals surface area contributed by atoms with Crippen molar-refractivity contribution in [2.45, 2.75) is 26.8 Å². The summed E-state index contributed by atoms with van der Waals surface area (Å²) in [6.45, 7) is 4.76. The molecule has 0 atom stereocenters. The number of nitrogens with zero attached hydrogens (tertiary/aromatic N) is 1. The number of hydrogen-bond acceptors (Lipinski definition) is 3. The van der Waals surface area contributed by atoms with Crippen LogP contribution in [0, 0.1) is 6.92 Å². The maximum Gasteiger partial charge on any atom is 0.195 e. The number of aryl methyl sites for hydroxylation is 2. The zero-order valence-electron chi connectivity index (χ0n) is 12.1. The Balaban J connectivity index is 1.76. The molecular formula is C17H17ClN2O. The van der Waals surface area contributed by atoms with Gasteiger partial charge in [-0.2, -0.15) is 0 Å². The molecular weight excluding hydrogens is 284 g/mol. The van der Waals surface area contributed by atoms with E-state index in [0.717, 1.165) is 51.8 Å². The lowest BCUT2D eigenvalue weighted by Gasteiger charge is -2.07. The van der Waals surface area contributed by atoms with Gasteiger partial charge >= 0.3 is 0 Å². The summed E-state index contributed by atoms with van der Waals surface area (Å²) in [4.78, 5) is 4.44. The first-order valence-electron chi connectivity index (χ1n) is 7.04. The molecule has 0 unspecified atom stereocenters. The smallest absolute Gasteiger partial charge is 0.195 e. The summed E-state index contributed by atoms with van der Waals surface area (Å²) in [6.07, 6.45) is 0.805. The minimum atomic E-state index is 0.726. The summed E-state index contributed by atoms with van der Waals surface area (Å²) in [7, 11) is 0. The molecule has 0 fully saturated rings. The number of anilines is 1. The number of halogens is 1. The van der Waals surface area contributed by atoms with Crippen LogP contribution in [0.3, 0.4) is 0 Å². The second-order valence-corrected chi connectivity index (χ2v) is 5.49. The third kappa shape index (κ3) is 3.03. The van der Waals surface area contributed by atoms with Gasteiger partial charge in [-0.3, -0.25) is 0 Å². The largest absolute Gasteiger partial charge is 0.441 e. The van der Waals surface area contributed by atoms with E-state index in [4.69, 9.17) is 16.0 Å². The van der Waals surface area contributed by atoms with E-state index in [-0.39, 0.29) is 0 Å². The monoisotopic (exact) mass is 300 g/mol. The Kier molecular flexibility index (Phi) is 3.84. The van der Waals surface area contributed by atoms with Gasteiger partial charge in [0.15, 0.2) is 11.5 Å². The second kappa shape index (κ2) is 5.78. The van der Waals surface area contributed by atoms with E-state index >= 15 is 0 Å². The number of benzene rings is 2. The van der Waals surface area contributed by atoms with E-state index in [1.165, 1.54) is 0 Å². The summed E-state index contributed by atoms with van der Waals surface area (Å²) >= 11 is 6.14. The normalized spacial score (nSPS) is 11.0. The Bertz CT molecular complexity index is 780. The number of fused-ring (bicyclic) bond motifs is 1. The summed E-state index contributed by atoms with van der Waals surface area (Å²) in [6, 6.07) is 12.1. The molecule has 0 saturated heterocycles. The van der Waals surface area contributed by atoms with Crippen LogP contribution in [0.4, 0.5) is 5.69 Å². The van der Waals surface area contributed by atoms with Crippen molar-refractivity contribution in [3.63, 3.8) is 0 Å². The fourth-order valence-electron chi connectivity index (χ4n) is 2.19. The van der Waals surface area contributed by atoms with Crippen molar-refractivity contribution in [2.24, 2.45) is 0 Å². The molecule has 0 aliphatic heterocycles. The molecule has 0 aliphatic rings. The highest BCUT2D eigenvalue weighted by molar-refractivity contribution is 6.31. The number of nitrogens with one attached hydrogen (secondary N) is 1. The van der Waals surface area contributed by atoms with Crippen molar-refractivity contribution in [1.82, 2.24) is 4.98 Å². The first kappa shape index (κ1) is 14.0. The van der Waals surface area contributed by atoms with Gasteiger partial charge in [-0.25, -0.2) is 4.98 Å². The fraction of sp³-hybridized carbons (Fsp3) is 0.235. The van der Waals surface area contributed by atoms with Crippen molar-refractivity contribution >= 4 is 28.4 Å². The SMILES string of the molecule is CCc1nc2cc(NCc3ccc(C)c(Cl)c3)ccc2o1. The van der Waals surface area contributed by atoms with Gasteiger partial charge in [0.1, 0.15) is 5.52 Å². The van der Waals surface area contributed by atoms with E-state index in [9.17, 15) is 0 Å². The van der Waals surface area contributed by atoms with Crippen LogP contribution in [0.2, 0.25) is 5.02 Å². The van der Waals surface area contributed by atoms with Gasteiger partial charge in [-0.15, -0.1) is 0 Å². The zero-order valence-corrected chi connectivity index (χ0v) is 12.9. The molecule has 0 bridgehead atoms. The van der Waals surface area contributed by atoms with Crippen molar-refractivity contribution < 1.29 is 4.42 Å². The molecule has 21 heavy (non-hydrogen) atoms. The lowest BCUT2D eigenvalue weighted by atomic mass is 10.1. The maximum atomic E-state index is 6.14. The second-order valence-electron chi connectivity index (χ2n) is 5.08. The molecule has 0 radical (unpaired) electrons. The molecule has 0 amide bonds. The molecule has 0 saturated carbocycles. The van der Waals surface area contributed by atoms with Crippen LogP contribution in [0.1, 0.15) is 23.9 Å². The van der Waals surface area contributed by atoms with Gasteiger partial charge in [-0.1, -0.05) is 30.7 Å². The Morgan fingerprint density at radius 1 is 1.19 bits per heavy atom. The summed E-state index contributed by atoms with van der Waals surface area (Å²) < 4.78 is 5.61. The van der Waals surface area contributed by atoms with Gasteiger partial charge in [0.2, 0.25) is 0 Å². The van der Waals surface area contributed by atoms with Crippen LogP contribution >= 0.6 is 11.6 Å². The van der Waals surface area contributed by atoms with Crippen LogP contribution in [0.15, 0.2) is 40.8 Å². The molecule has 1 N–H and O–H groups in total. The van der Waals surface area contributed by atoms with E-state index in [0.29, 0.717) is 0 Å². The van der Waals surface area contributed by atoms with E-state index < -0.39 is 0 Å². The molecule has 0 aliphatic carbocycles. The standard InChI is InChI=1S/C17H17ClN2O/c1-3-17-20-15-9-13(6-7-16(15)21-17)19-10-12-5-4-11(2)14(18)8-12/h4-9,19H,3,10H2,1-2H3. The first-order valence-corrected chi connectivity index (χ1v) is 7.42. The molecule has 3 nitrogen and oxygen atoms in total. The predicted molar refractivity (Wildman–Crippen MR) is 86.9 cm³/mol. The highest BCUT2D eigenvalue weighted by atomic mass is 35.5. The Morgan fingerprint density at radius 3 is 2.81 bits per heavy atom. The lowest BCUT2D eigenvalue weighted by molar-refractivity contribution is 0.538. The van der Waals surface area contributed by atoms with Crippen molar-refractivity contribution in [2.75, 3.05) is 5.32 Å². The van der Waals surface area contributed by atoms with Crippen molar-refractivity contribution in [3.05, 3.63) is 58.4 Å². The van der Waals surface area contributed by atoms with Crippen LogP contribution in [-0.4, -0.2) is 4.98 Å². The molecule has 3 aromatic rings. The van der Waals surface area contributed by atoms with E-state index in [1.807, 2.05) is 44.2 Å². The zero-order chi connectivity index (χ0) is 14.8. The molecule has 1 aromatic heterocycles. The van der Waals surface area contributed by atoms with Gasteiger partial charge < -0.3 is 9.73 Å². The molecule has 2 aromatic carbocycles. The van der Waals surface area contributed by atoms with Crippen molar-refractivity contribution in [1.29, 1.82) is 0 Å². The molecule has 108 valence electrons. The Hall–Kier alpha value is -2.00. The van der Waals surface area contributed by atoms with Crippen LogP contribution < -0.4 is 5.32 Å². The third-order valence-electron chi connectivity index (χ3n) is 3.47. The fourth-order valence-corrected chi connectivity index (χ4v) is 2.39. The van der Waals surface area contributed by atoms with E-state index in [2.05, 4.69) is 16.4 Å². The predicted octanol–water partition coefficient (Wildman–Crippen LogP) is 4.96. The highest BCUT2D eigenvalue weighted by Gasteiger charge is 2.05. The molecule has 3 rings (SSSR count). The summed E-state index contributed by atoms with van der Waals surface area (Å²) in [5.41, 5.74) is 4.99. The quantitative estimate of drug-likeness (QED) is 0.739. The number of rotatable bonds is 4. The van der Waals surface area contributed by atoms with Gasteiger partial charge in [0.25, 0.3) is 0 Å². The number of hydrogen-bond donors (Lipinski definition) is 1. The topological polar surface area (TPSA) is 38.1 Å². The molecule has 1 heterocycles. The van der Waals surface area contributed by atoms with Gasteiger partial charge in [0.05, 0.1) is 0 Å². The van der Waals surface area contributed by atoms with Crippen LogP contribution in [0.5, 0.6) is 0 Å². The average molecular weight is 301 g/mol. The van der Waals surface area contributed by atoms with Gasteiger partial charge in [-0.05, 0) is 42.3 Å². The van der Waals surface area contributed by atoms with Gasteiger partial charge in [0, 0.05) is 23.7 Å². The highest BCUT2D eigenvalue weighted by Crippen LogP contribution is 2.22. The number of aromatic nitrogens is 1. The average Bonchev–Trinajstić information content (AvgIpc) is 2.90. The number of oxazole rings is 1. The Morgan fingerprint density at radius 2 is 2.05 bits per heavy atom. The maximum absolute atomic E-state index is 6.14. The molecule has 0 spiro atoms. The lowest BCUT2D eigenvalue weighted by Crippen LogP contribution is -1.99. The van der Waals surface area contributed by atoms with Crippen LogP contribution in [0.25, 0.3) is 11.1 Å². The van der Waals surface area contributed by atoms with Crippen LogP contribution in [-0.2, 0) is 13.0 Å².